The molecule has 18 N–H and O–H groups in total. The van der Waals surface area contributed by atoms with Gasteiger partial charge in [-0.15, -0.1) is 0 Å². The second-order valence-electron chi connectivity index (χ2n) is 38.3. The first-order valence-corrected chi connectivity index (χ1v) is 49.6. The molecular formula is C104H124N20O23S. The molecule has 0 saturated heterocycles. The number of aromatic amines is 8. The van der Waals surface area contributed by atoms with Gasteiger partial charge in [0.25, 0.3) is 27.4 Å². The Bertz CT molecular complexity index is 6860. The molecule has 6 aliphatic rings. The first-order valence-electron chi connectivity index (χ1n) is 49.1. The maximum atomic E-state index is 11.6. The van der Waals surface area contributed by atoms with E-state index in [1.54, 1.807) is 83.6 Å². The molecule has 0 radical (unpaired) electrons. The number of imidazole rings is 1. The minimum Gasteiger partial charge on any atom is -0.497 e. The predicted molar refractivity (Wildman–Crippen MR) is 546 cm³/mol. The number of fused-ring (bicyclic) bond motifs is 6. The van der Waals surface area contributed by atoms with E-state index in [4.69, 9.17) is 75.3 Å². The highest BCUT2D eigenvalue weighted by Crippen LogP contribution is 2.49. The summed E-state index contributed by atoms with van der Waals surface area (Å²) in [5.41, 5.74) is 14.7. The molecule has 6 fully saturated rings. The van der Waals surface area contributed by atoms with Crippen LogP contribution in [0.5, 0.6) is 17.5 Å². The molecule has 6 aliphatic carbocycles. The lowest BCUT2D eigenvalue weighted by atomic mass is 9.96. The van der Waals surface area contributed by atoms with Crippen LogP contribution in [0.25, 0.3) is 66.2 Å². The number of ether oxygens (including phenoxy) is 9. The van der Waals surface area contributed by atoms with Crippen molar-refractivity contribution >= 4 is 83.6 Å². The largest absolute Gasteiger partial charge is 0.497 e. The minimum atomic E-state index is -0.841. The summed E-state index contributed by atoms with van der Waals surface area (Å²) in [5.74, 6) is 1.39. The van der Waals surface area contributed by atoms with Crippen LogP contribution in [-0.2, 0) is 61.7 Å². The number of benzene rings is 3. The first-order chi connectivity index (χ1) is 72.0. The highest BCUT2D eigenvalue weighted by Gasteiger charge is 2.49. The van der Waals surface area contributed by atoms with Gasteiger partial charge in [0.05, 0.1) is 156 Å². The van der Waals surface area contributed by atoms with E-state index in [1.165, 1.54) is 38.0 Å². The topological polar surface area (TPSA) is 611 Å². The van der Waals surface area contributed by atoms with Crippen LogP contribution in [0.15, 0.2) is 198 Å². The van der Waals surface area contributed by atoms with Crippen molar-refractivity contribution < 1.29 is 93.7 Å². The summed E-state index contributed by atoms with van der Waals surface area (Å²) >= 11 is 5.45. The van der Waals surface area contributed by atoms with E-state index in [1.807, 2.05) is 106 Å². The lowest BCUT2D eigenvalue weighted by molar-refractivity contribution is -0.0545. The molecule has 44 heteroatoms. The van der Waals surface area contributed by atoms with Gasteiger partial charge >= 0.3 is 0 Å². The number of hydrogen-bond donors (Lipinski definition) is 18. The average molecular weight is 2050 g/mol. The van der Waals surface area contributed by atoms with Gasteiger partial charge in [0.2, 0.25) is 11.8 Å². The van der Waals surface area contributed by atoms with Crippen LogP contribution in [0.4, 0.5) is 0 Å². The fraction of sp³-hybridized carbons (Fsp3) is 0.442. The van der Waals surface area contributed by atoms with E-state index in [-0.39, 0.29) is 132 Å². The molecule has 0 spiro atoms. The summed E-state index contributed by atoms with van der Waals surface area (Å²) in [6, 6.07) is 27.7. The monoisotopic (exact) mass is 2050 g/mol. The SMILES string of the molecule is COC[C@H]1C[C@@H](c2cn(COCc3ccccc3)c3c(OC)ncnc23)[C@H](O)[C@@H]1OC(=S)n1ccnc1.COC[C@H]1C[C@@H](c2cn(COCc3ccccc3)c3c(OC)ncnc23)[C@H](OCc2ccc(OC)cc2)[C@@H]1O.O=c1[nH]cnc2c([C@@H]3C[C@H](CO)C[C@H]3O)c[nH]c12.O=c1[nH]cnc2c([C@@H]3C[C@H](CO)C[C@H]3O)c[nH]c12.O=c1[nH]cnc2c([C@@H]3C[C@H](CO)C[C@H]3O)c[nH]c12.O=c1[nH]cnc2c([C@@H]3C[C@H](CO)C[C@H]3O)c[nH]c12. The van der Waals surface area contributed by atoms with Gasteiger partial charge in [-0.1, -0.05) is 72.8 Å². The fourth-order valence-electron chi connectivity index (χ4n) is 21.8. The number of aliphatic hydroxyl groups excluding tert-OH is 10. The van der Waals surface area contributed by atoms with Gasteiger partial charge in [0, 0.05) is 171 Å². The minimum absolute atomic E-state index is 0.0646. The Balaban J connectivity index is 0.000000126. The van der Waals surface area contributed by atoms with Crippen molar-refractivity contribution in [3.8, 4) is 17.5 Å². The third kappa shape index (κ3) is 23.5. The molecule has 0 bridgehead atoms. The van der Waals surface area contributed by atoms with Gasteiger partial charge in [-0.25, -0.2) is 34.9 Å². The van der Waals surface area contributed by atoms with E-state index in [0.717, 1.165) is 92.5 Å². The molecule has 6 saturated carbocycles. The van der Waals surface area contributed by atoms with Crippen molar-refractivity contribution in [2.24, 2.45) is 35.5 Å². The molecule has 0 amide bonds. The van der Waals surface area contributed by atoms with Gasteiger partial charge in [0.1, 0.15) is 77.4 Å². The van der Waals surface area contributed by atoms with Gasteiger partial charge < -0.3 is 143 Å². The second kappa shape index (κ2) is 49.1. The maximum Gasteiger partial charge on any atom is 0.275 e. The number of H-pyrrole nitrogens is 8. The zero-order valence-electron chi connectivity index (χ0n) is 82.2. The molecule has 0 aliphatic heterocycles. The molecule has 13 aromatic heterocycles. The van der Waals surface area contributed by atoms with Crippen LogP contribution >= 0.6 is 12.2 Å². The van der Waals surface area contributed by atoms with E-state index in [9.17, 15) is 49.8 Å². The molecule has 13 heterocycles. The van der Waals surface area contributed by atoms with Crippen LogP contribution in [0.2, 0.25) is 0 Å². The molecule has 43 nitrogen and oxygen atoms in total. The average Bonchev–Trinajstić information content (AvgIpc) is 1.60. The summed E-state index contributed by atoms with van der Waals surface area (Å²) < 4.78 is 57.4. The lowest BCUT2D eigenvalue weighted by Crippen LogP contribution is -2.35. The Kier molecular flexibility index (Phi) is 35.1. The Morgan fingerprint density at radius 3 is 1.13 bits per heavy atom. The van der Waals surface area contributed by atoms with Crippen molar-refractivity contribution in [1.29, 1.82) is 0 Å². The maximum absolute atomic E-state index is 11.6. The van der Waals surface area contributed by atoms with Crippen LogP contribution in [0.3, 0.4) is 0 Å². The van der Waals surface area contributed by atoms with E-state index in [0.29, 0.717) is 145 Å². The summed E-state index contributed by atoms with van der Waals surface area (Å²) in [4.78, 5) is 107. The lowest BCUT2D eigenvalue weighted by Gasteiger charge is -2.24. The second-order valence-corrected chi connectivity index (χ2v) is 38.7. The quantitative estimate of drug-likeness (QED) is 0.0198. The smallest absolute Gasteiger partial charge is 0.275 e. The van der Waals surface area contributed by atoms with E-state index >= 15 is 0 Å². The predicted octanol–water partition coefficient (Wildman–Crippen LogP) is 7.85. The van der Waals surface area contributed by atoms with Crippen molar-refractivity contribution in [2.75, 3.05) is 75.2 Å². The molecule has 20 atom stereocenters. The Hall–Kier alpha value is -13.5. The number of methoxy groups -OCH3 is 5. The standard InChI is InChI=1S/C30H35N3O6.C26H29N5O5S.4C12H15N3O3/c1-35-17-22-13-24(29(28(22)34)39-16-21-9-11-23(36-2)12-10-21)25-14-33(19-38-15-20-7-5-4-6-8-20)27-26(25)31-18-32-30(27)37-3;1-33-13-18-10-19(23(32)24(18)36-26(37)30-9-8-27-15-30)20-11-31(16-35-12-17-6-4-3-5-7-17)22-21(20)28-14-29-25(22)34-2;4*16-4-6-1-7(9(17)2-6)8-3-13-11-10(8)14-5-15-12(11)18/h4-12,14,18,22,24,28-29,34H,13,15-17,19H2,1-3H3;3-9,11,14-15,18-19,23-24,32H,10,12-13,16H2,1-2H3;4*3,5-7,9,13,16-17H,1-2,4H2,(H,14,15,18)/t22-,24+,28-,29+;18-,19+,23+,24-;4*6-,7-,9+/m110000/s1. The van der Waals surface area contributed by atoms with Crippen molar-refractivity contribution in [3.63, 3.8) is 0 Å². The highest BCUT2D eigenvalue weighted by molar-refractivity contribution is 7.80. The Morgan fingerprint density at radius 2 is 0.770 bits per heavy atom. The third-order valence-corrected chi connectivity index (χ3v) is 29.5. The van der Waals surface area contributed by atoms with E-state index in [2.05, 4.69) is 84.7 Å². The van der Waals surface area contributed by atoms with Crippen molar-refractivity contribution in [2.45, 2.75) is 182 Å². The third-order valence-electron chi connectivity index (χ3n) is 29.1. The number of rotatable bonds is 29. The number of nitrogens with zero attached hydrogens (tertiary/aromatic N) is 12. The van der Waals surface area contributed by atoms with Gasteiger partial charge in [-0.2, -0.15) is 9.97 Å². The van der Waals surface area contributed by atoms with E-state index < -0.39 is 48.8 Å². The fourth-order valence-corrected chi connectivity index (χ4v) is 22.0. The van der Waals surface area contributed by atoms with Crippen LogP contribution in [0, 0.1) is 35.5 Å². The van der Waals surface area contributed by atoms with Crippen LogP contribution in [-0.4, -0.2) is 279 Å². The molecule has 22 rings (SSSR count). The summed E-state index contributed by atoms with van der Waals surface area (Å²) in [5, 5.41) is 99.9. The van der Waals surface area contributed by atoms with Gasteiger partial charge in [-0.05, 0) is 129 Å². The van der Waals surface area contributed by atoms with Crippen molar-refractivity contribution in [3.05, 3.63) is 270 Å². The summed E-state index contributed by atoms with van der Waals surface area (Å²) in [7, 11) is 8.10. The molecule has 0 unspecified atom stereocenters. The molecular weight excluding hydrogens is 1930 g/mol. The van der Waals surface area contributed by atoms with Crippen LogP contribution < -0.4 is 36.4 Å². The molecule has 148 heavy (non-hydrogen) atoms. The van der Waals surface area contributed by atoms with Gasteiger partial charge in [0.15, 0.2) is 0 Å². The highest BCUT2D eigenvalue weighted by atomic mass is 32.1. The number of hydrogen-bond acceptors (Lipinski definition) is 33. The first kappa shape index (κ1) is 106. The molecule has 16 aromatic rings. The Labute approximate surface area is 851 Å². The van der Waals surface area contributed by atoms with Gasteiger partial charge in [-0.3, -0.25) is 23.7 Å². The Morgan fingerprint density at radius 1 is 0.392 bits per heavy atom. The molecule has 784 valence electrons. The molecule has 3 aromatic carbocycles. The zero-order valence-corrected chi connectivity index (χ0v) is 83.0. The normalized spacial score (nSPS) is 24.5. The number of nitrogens with one attached hydrogen (secondary N) is 8. The summed E-state index contributed by atoms with van der Waals surface area (Å²) in [6.07, 6.45) is 26.4. The van der Waals surface area contributed by atoms with Crippen molar-refractivity contribution in [1.82, 2.24) is 98.4 Å². The number of aliphatic hydroxyl groups is 10. The number of aromatic nitrogens is 20. The summed E-state index contributed by atoms with van der Waals surface area (Å²) in [6.45, 7) is 3.06. The number of thiocarbonyl (C=S) groups is 1. The zero-order chi connectivity index (χ0) is 104. The van der Waals surface area contributed by atoms with Crippen LogP contribution in [0.1, 0.15) is 150 Å².